The summed E-state index contributed by atoms with van der Waals surface area (Å²) >= 11 is 0. The molecule has 1 aliphatic heterocycles. The zero-order valence-electron chi connectivity index (χ0n) is 16.1. The summed E-state index contributed by atoms with van der Waals surface area (Å²) in [5.74, 6) is -1.11. The lowest BCUT2D eigenvalue weighted by atomic mass is 10.1. The number of amides is 2. The number of hydrogen-bond donors (Lipinski definition) is 2. The average molecular weight is 397 g/mol. The molecule has 0 spiro atoms. The van der Waals surface area contributed by atoms with E-state index in [1.807, 2.05) is 20.8 Å². The van der Waals surface area contributed by atoms with E-state index in [1.54, 1.807) is 6.92 Å². The zero-order valence-corrected chi connectivity index (χ0v) is 16.9. The lowest BCUT2D eigenvalue weighted by Crippen LogP contribution is -2.46. The minimum Gasteiger partial charge on any atom is -0.480 e. The third kappa shape index (κ3) is 5.20. The first-order valence-corrected chi connectivity index (χ1v) is 10.3. The molecule has 1 atom stereocenters. The second-order valence-electron chi connectivity index (χ2n) is 7.63. The number of hydrogen-bond acceptors (Lipinski definition) is 5. The Morgan fingerprint density at radius 3 is 2.33 bits per heavy atom. The van der Waals surface area contributed by atoms with Crippen LogP contribution >= 0.6 is 0 Å². The molecule has 1 fully saturated rings. The molecule has 0 bridgehead atoms. The van der Waals surface area contributed by atoms with Gasteiger partial charge in [0.2, 0.25) is 10.0 Å². The summed E-state index contributed by atoms with van der Waals surface area (Å²) in [5, 5.41) is 2.78. The van der Waals surface area contributed by atoms with Gasteiger partial charge in [-0.1, -0.05) is 0 Å². The van der Waals surface area contributed by atoms with E-state index in [-0.39, 0.29) is 22.1 Å². The molecule has 9 heteroatoms. The number of benzene rings is 1. The number of nitrogens with one attached hydrogen (secondary N) is 1. The molecule has 0 saturated carbocycles. The third-order valence-electron chi connectivity index (χ3n) is 4.09. The predicted octanol–water partition coefficient (Wildman–Crippen LogP) is 1.25. The number of ether oxygens (including phenoxy) is 1. The van der Waals surface area contributed by atoms with Crippen LogP contribution in [0.2, 0.25) is 0 Å². The largest absolute Gasteiger partial charge is 0.480 e. The van der Waals surface area contributed by atoms with E-state index in [0.717, 1.165) is 12.8 Å². The summed E-state index contributed by atoms with van der Waals surface area (Å²) in [5.41, 5.74) is 4.89. The van der Waals surface area contributed by atoms with Crippen molar-refractivity contribution in [2.45, 2.75) is 57.1 Å². The summed E-state index contributed by atoms with van der Waals surface area (Å²) in [4.78, 5) is 24.0. The normalized spacial score (nSPS) is 16.7. The summed E-state index contributed by atoms with van der Waals surface area (Å²) in [6, 6.07) is 3.94. The maximum Gasteiger partial charge on any atom is 0.261 e. The molecular formula is C18H27N3O5S. The zero-order chi connectivity index (χ0) is 20.4. The van der Waals surface area contributed by atoms with Gasteiger partial charge in [-0.15, -0.1) is 0 Å². The smallest absolute Gasteiger partial charge is 0.261 e. The first kappa shape index (κ1) is 21.2. The van der Waals surface area contributed by atoms with Crippen LogP contribution in [0.15, 0.2) is 23.1 Å². The Morgan fingerprint density at radius 2 is 1.81 bits per heavy atom. The van der Waals surface area contributed by atoms with Crippen LogP contribution in [0.25, 0.3) is 0 Å². The monoisotopic (exact) mass is 397 g/mol. The van der Waals surface area contributed by atoms with Crippen LogP contribution < -0.4 is 15.8 Å². The van der Waals surface area contributed by atoms with Crippen molar-refractivity contribution in [3.8, 4) is 5.75 Å². The molecule has 0 unspecified atom stereocenters. The molecule has 150 valence electrons. The van der Waals surface area contributed by atoms with E-state index in [4.69, 9.17) is 10.5 Å². The molecule has 2 rings (SSSR count). The van der Waals surface area contributed by atoms with Crippen LogP contribution in [0.5, 0.6) is 5.75 Å². The van der Waals surface area contributed by atoms with Gasteiger partial charge in [-0.05, 0) is 58.7 Å². The Hall–Kier alpha value is -2.13. The third-order valence-corrected chi connectivity index (χ3v) is 5.99. The van der Waals surface area contributed by atoms with Gasteiger partial charge in [0.1, 0.15) is 5.75 Å². The molecule has 27 heavy (non-hydrogen) atoms. The summed E-state index contributed by atoms with van der Waals surface area (Å²) in [6.07, 6.45) is 0.732. The topological polar surface area (TPSA) is 119 Å². The van der Waals surface area contributed by atoms with Crippen LogP contribution in [-0.4, -0.2) is 49.3 Å². The highest BCUT2D eigenvalue weighted by Crippen LogP contribution is 2.27. The number of carbonyl (C=O) groups excluding carboxylic acids is 2. The maximum atomic E-state index is 12.7. The molecule has 1 aromatic rings. The van der Waals surface area contributed by atoms with Gasteiger partial charge in [-0.25, -0.2) is 8.42 Å². The van der Waals surface area contributed by atoms with Crippen LogP contribution in [0.1, 0.15) is 50.9 Å². The lowest BCUT2D eigenvalue weighted by molar-refractivity contribution is -0.128. The second-order valence-corrected chi connectivity index (χ2v) is 9.57. The summed E-state index contributed by atoms with van der Waals surface area (Å²) in [7, 11) is -3.69. The Kier molecular flexibility index (Phi) is 6.16. The van der Waals surface area contributed by atoms with Crippen molar-refractivity contribution >= 4 is 21.8 Å². The van der Waals surface area contributed by atoms with Gasteiger partial charge in [0.25, 0.3) is 11.8 Å². The van der Waals surface area contributed by atoms with E-state index in [2.05, 4.69) is 5.32 Å². The fraction of sp³-hybridized carbons (Fsp3) is 0.556. The second kappa shape index (κ2) is 7.85. The molecule has 3 N–H and O–H groups in total. The van der Waals surface area contributed by atoms with Crippen LogP contribution in [0, 0.1) is 0 Å². The van der Waals surface area contributed by atoms with Gasteiger partial charge < -0.3 is 15.8 Å². The first-order valence-electron chi connectivity index (χ1n) is 8.84. The molecule has 1 saturated heterocycles. The average Bonchev–Trinajstić information content (AvgIpc) is 3.08. The van der Waals surface area contributed by atoms with Crippen LogP contribution in [-0.2, 0) is 14.8 Å². The predicted molar refractivity (Wildman–Crippen MR) is 101 cm³/mol. The Bertz CT molecular complexity index is 824. The quantitative estimate of drug-likeness (QED) is 0.749. The molecule has 1 aliphatic rings. The van der Waals surface area contributed by atoms with Crippen molar-refractivity contribution in [2.24, 2.45) is 5.73 Å². The van der Waals surface area contributed by atoms with E-state index in [0.29, 0.717) is 13.1 Å². The van der Waals surface area contributed by atoms with Gasteiger partial charge in [0, 0.05) is 18.6 Å². The highest BCUT2D eigenvalue weighted by Gasteiger charge is 2.29. The molecule has 1 aromatic carbocycles. The number of primary amides is 1. The van der Waals surface area contributed by atoms with E-state index in [9.17, 15) is 18.0 Å². The number of nitrogens with two attached hydrogens (primary N) is 1. The molecule has 2 amide bonds. The fourth-order valence-corrected chi connectivity index (χ4v) is 4.30. The number of rotatable bonds is 6. The van der Waals surface area contributed by atoms with Crippen molar-refractivity contribution in [3.63, 3.8) is 0 Å². The van der Waals surface area contributed by atoms with Crippen LogP contribution in [0.4, 0.5) is 0 Å². The van der Waals surface area contributed by atoms with Crippen molar-refractivity contribution in [2.75, 3.05) is 13.1 Å². The molecule has 8 nitrogen and oxygen atoms in total. The van der Waals surface area contributed by atoms with Gasteiger partial charge >= 0.3 is 0 Å². The standard InChI is InChI=1S/C18H27N3O5S/c1-12(17(23)20-18(2,3)4)26-15-8-7-13(11-14(15)16(19)22)27(24,25)21-9-5-6-10-21/h7-8,11-12H,5-6,9-10H2,1-4H3,(H2,19,22)(H,20,23)/t12-/m0/s1. The number of sulfonamides is 1. The first-order chi connectivity index (χ1) is 12.4. The van der Waals surface area contributed by atoms with E-state index in [1.165, 1.54) is 22.5 Å². The Morgan fingerprint density at radius 1 is 1.22 bits per heavy atom. The lowest BCUT2D eigenvalue weighted by Gasteiger charge is -2.24. The molecule has 1 heterocycles. The van der Waals surface area contributed by atoms with Gasteiger partial charge in [0.05, 0.1) is 10.5 Å². The maximum absolute atomic E-state index is 12.7. The SMILES string of the molecule is C[C@H](Oc1ccc(S(=O)(=O)N2CCCC2)cc1C(N)=O)C(=O)NC(C)(C)C. The highest BCUT2D eigenvalue weighted by atomic mass is 32.2. The molecule has 0 radical (unpaired) electrons. The molecule has 0 aliphatic carbocycles. The van der Waals surface area contributed by atoms with Crippen molar-refractivity contribution in [1.29, 1.82) is 0 Å². The molecule has 0 aromatic heterocycles. The highest BCUT2D eigenvalue weighted by molar-refractivity contribution is 7.89. The minimum absolute atomic E-state index is 0.0163. The Balaban J connectivity index is 2.28. The fourth-order valence-electron chi connectivity index (χ4n) is 2.76. The summed E-state index contributed by atoms with van der Waals surface area (Å²) in [6.45, 7) is 7.97. The van der Waals surface area contributed by atoms with Gasteiger partial charge in [-0.2, -0.15) is 4.31 Å². The number of carbonyl (C=O) groups is 2. The Labute approximate surface area is 160 Å². The van der Waals surface area contributed by atoms with Gasteiger partial charge in [-0.3, -0.25) is 9.59 Å². The molecular weight excluding hydrogens is 370 g/mol. The van der Waals surface area contributed by atoms with E-state index < -0.39 is 27.6 Å². The van der Waals surface area contributed by atoms with Crippen molar-refractivity contribution in [3.05, 3.63) is 23.8 Å². The van der Waals surface area contributed by atoms with Crippen LogP contribution in [0.3, 0.4) is 0 Å². The summed E-state index contributed by atoms with van der Waals surface area (Å²) < 4.78 is 32.3. The minimum atomic E-state index is -3.69. The van der Waals surface area contributed by atoms with Crippen molar-refractivity contribution in [1.82, 2.24) is 9.62 Å². The van der Waals surface area contributed by atoms with E-state index >= 15 is 0 Å². The van der Waals surface area contributed by atoms with Gasteiger partial charge in [0.15, 0.2) is 6.10 Å². The van der Waals surface area contributed by atoms with Crippen molar-refractivity contribution < 1.29 is 22.7 Å². The number of nitrogens with zero attached hydrogens (tertiary/aromatic N) is 1.